The molecule has 0 saturated carbocycles. The number of hydrogen-bond acceptors (Lipinski definition) is 2. The van der Waals surface area contributed by atoms with E-state index in [1.807, 2.05) is 11.0 Å². The third-order valence-electron chi connectivity index (χ3n) is 2.84. The van der Waals surface area contributed by atoms with E-state index in [1.165, 1.54) is 11.1 Å². The van der Waals surface area contributed by atoms with Crippen LogP contribution in [0.4, 0.5) is 0 Å². The third kappa shape index (κ3) is 1.35. The van der Waals surface area contributed by atoms with Gasteiger partial charge in [0, 0.05) is 12.0 Å². The Morgan fingerprint density at radius 2 is 2.07 bits per heavy atom. The fraction of sp³-hybridized carbons (Fsp3) is 0.417. The summed E-state index contributed by atoms with van der Waals surface area (Å²) >= 11 is 0. The van der Waals surface area contributed by atoms with Crippen LogP contribution in [0.25, 0.3) is 0 Å². The van der Waals surface area contributed by atoms with E-state index in [4.69, 9.17) is 5.26 Å². The average Bonchev–Trinajstić information content (AvgIpc) is 2.17. The largest absolute Gasteiger partial charge is 0.305 e. The maximum atomic E-state index is 8.92. The molecular formula is C12H14N2. The van der Waals surface area contributed by atoms with E-state index in [0.717, 1.165) is 13.1 Å². The normalized spacial score (nSPS) is 18.5. The van der Waals surface area contributed by atoms with Gasteiger partial charge in [-0.15, -0.1) is 0 Å². The van der Waals surface area contributed by atoms with Gasteiger partial charge in [-0.1, -0.05) is 38.1 Å². The second kappa shape index (κ2) is 3.02. The molecular weight excluding hydrogens is 172 g/mol. The standard InChI is InChI=1S/C12H14N2/c1-12(2)8-14(9-13)7-10-5-3-4-6-11(10)12/h3-6H,7-8H2,1-2H3. The molecule has 72 valence electrons. The van der Waals surface area contributed by atoms with Crippen molar-refractivity contribution in [3.05, 3.63) is 35.4 Å². The van der Waals surface area contributed by atoms with Crippen molar-refractivity contribution in [2.24, 2.45) is 0 Å². The molecule has 1 aliphatic heterocycles. The highest BCUT2D eigenvalue weighted by molar-refractivity contribution is 5.36. The predicted molar refractivity (Wildman–Crippen MR) is 55.5 cm³/mol. The van der Waals surface area contributed by atoms with Crippen molar-refractivity contribution in [3.8, 4) is 6.19 Å². The van der Waals surface area contributed by atoms with Gasteiger partial charge in [0.2, 0.25) is 0 Å². The molecule has 2 heteroatoms. The average molecular weight is 186 g/mol. The van der Waals surface area contributed by atoms with Gasteiger partial charge in [-0.3, -0.25) is 0 Å². The fourth-order valence-electron chi connectivity index (χ4n) is 2.21. The summed E-state index contributed by atoms with van der Waals surface area (Å²) in [4.78, 5) is 1.82. The molecule has 1 heterocycles. The number of nitriles is 1. The van der Waals surface area contributed by atoms with Crippen LogP contribution in [0.15, 0.2) is 24.3 Å². The molecule has 0 N–H and O–H groups in total. The van der Waals surface area contributed by atoms with E-state index >= 15 is 0 Å². The summed E-state index contributed by atoms with van der Waals surface area (Å²) in [6.07, 6.45) is 2.23. The van der Waals surface area contributed by atoms with Gasteiger partial charge < -0.3 is 4.90 Å². The highest BCUT2D eigenvalue weighted by atomic mass is 15.1. The van der Waals surface area contributed by atoms with Crippen molar-refractivity contribution in [1.29, 1.82) is 5.26 Å². The van der Waals surface area contributed by atoms with Gasteiger partial charge in [0.25, 0.3) is 0 Å². The first-order valence-electron chi connectivity index (χ1n) is 4.86. The SMILES string of the molecule is CC1(C)CN(C#N)Cc2ccccc21. The van der Waals surface area contributed by atoms with Crippen LogP contribution in [-0.2, 0) is 12.0 Å². The van der Waals surface area contributed by atoms with Gasteiger partial charge in [-0.25, -0.2) is 0 Å². The van der Waals surface area contributed by atoms with Gasteiger partial charge in [-0.05, 0) is 11.1 Å². The molecule has 2 nitrogen and oxygen atoms in total. The number of rotatable bonds is 0. The highest BCUT2D eigenvalue weighted by Crippen LogP contribution is 2.32. The molecule has 0 aliphatic carbocycles. The van der Waals surface area contributed by atoms with Crippen LogP contribution >= 0.6 is 0 Å². The lowest BCUT2D eigenvalue weighted by atomic mass is 9.78. The first-order valence-corrected chi connectivity index (χ1v) is 4.86. The van der Waals surface area contributed by atoms with Gasteiger partial charge in [0.05, 0.1) is 6.54 Å². The van der Waals surface area contributed by atoms with Crippen LogP contribution in [0, 0.1) is 11.5 Å². The second-order valence-corrected chi connectivity index (χ2v) is 4.50. The summed E-state index contributed by atoms with van der Waals surface area (Å²) in [6, 6.07) is 8.39. The van der Waals surface area contributed by atoms with Gasteiger partial charge >= 0.3 is 0 Å². The van der Waals surface area contributed by atoms with Crippen LogP contribution in [-0.4, -0.2) is 11.4 Å². The maximum absolute atomic E-state index is 8.92. The van der Waals surface area contributed by atoms with Crippen LogP contribution in [0.2, 0.25) is 0 Å². The first-order chi connectivity index (χ1) is 6.63. The Morgan fingerprint density at radius 3 is 2.79 bits per heavy atom. The molecule has 1 aromatic carbocycles. The van der Waals surface area contributed by atoms with Gasteiger partial charge in [-0.2, -0.15) is 5.26 Å². The quantitative estimate of drug-likeness (QED) is 0.581. The molecule has 0 bridgehead atoms. The Bertz CT molecular complexity index is 388. The van der Waals surface area contributed by atoms with Crippen LogP contribution in [0.1, 0.15) is 25.0 Å². The summed E-state index contributed by atoms with van der Waals surface area (Å²) in [5, 5.41) is 8.92. The molecule has 0 unspecified atom stereocenters. The van der Waals surface area contributed by atoms with Crippen LogP contribution in [0.3, 0.4) is 0 Å². The Kier molecular flexibility index (Phi) is 1.96. The topological polar surface area (TPSA) is 27.0 Å². The van der Waals surface area contributed by atoms with E-state index in [-0.39, 0.29) is 5.41 Å². The summed E-state index contributed by atoms with van der Waals surface area (Å²) in [7, 11) is 0. The molecule has 0 atom stereocenters. The van der Waals surface area contributed by atoms with Crippen molar-refractivity contribution in [3.63, 3.8) is 0 Å². The van der Waals surface area contributed by atoms with E-state index in [1.54, 1.807) is 0 Å². The lowest BCUT2D eigenvalue weighted by Gasteiger charge is -2.37. The molecule has 2 rings (SSSR count). The first kappa shape index (κ1) is 9.08. The zero-order chi connectivity index (χ0) is 10.2. The van der Waals surface area contributed by atoms with Crippen molar-refractivity contribution in [2.45, 2.75) is 25.8 Å². The van der Waals surface area contributed by atoms with Crippen molar-refractivity contribution >= 4 is 0 Å². The lowest BCUT2D eigenvalue weighted by Crippen LogP contribution is -2.39. The second-order valence-electron chi connectivity index (χ2n) is 4.50. The van der Waals surface area contributed by atoms with Gasteiger partial charge in [0.15, 0.2) is 6.19 Å². The predicted octanol–water partition coefficient (Wildman–Crippen LogP) is 2.26. The maximum Gasteiger partial charge on any atom is 0.179 e. The minimum Gasteiger partial charge on any atom is -0.305 e. The van der Waals surface area contributed by atoms with Gasteiger partial charge in [0.1, 0.15) is 0 Å². The smallest absolute Gasteiger partial charge is 0.179 e. The zero-order valence-electron chi connectivity index (χ0n) is 8.62. The molecule has 1 aromatic rings. The number of fused-ring (bicyclic) bond motifs is 1. The van der Waals surface area contributed by atoms with E-state index in [9.17, 15) is 0 Å². The Labute approximate surface area is 84.8 Å². The Morgan fingerprint density at radius 1 is 1.36 bits per heavy atom. The van der Waals surface area contributed by atoms with Crippen molar-refractivity contribution in [2.75, 3.05) is 6.54 Å². The number of hydrogen-bond donors (Lipinski definition) is 0. The minimum absolute atomic E-state index is 0.0879. The van der Waals surface area contributed by atoms with Crippen LogP contribution < -0.4 is 0 Å². The summed E-state index contributed by atoms with van der Waals surface area (Å²) < 4.78 is 0. The fourth-order valence-corrected chi connectivity index (χ4v) is 2.21. The summed E-state index contributed by atoms with van der Waals surface area (Å²) in [5.41, 5.74) is 2.75. The molecule has 0 radical (unpaired) electrons. The summed E-state index contributed by atoms with van der Waals surface area (Å²) in [6.45, 7) is 5.96. The van der Waals surface area contributed by atoms with Crippen molar-refractivity contribution < 1.29 is 0 Å². The molecule has 0 spiro atoms. The van der Waals surface area contributed by atoms with Crippen molar-refractivity contribution in [1.82, 2.24) is 4.90 Å². The summed E-state index contributed by atoms with van der Waals surface area (Å²) in [5.74, 6) is 0. The molecule has 1 aliphatic rings. The minimum atomic E-state index is 0.0879. The van der Waals surface area contributed by atoms with E-state index < -0.39 is 0 Å². The monoisotopic (exact) mass is 186 g/mol. The number of benzene rings is 1. The molecule has 14 heavy (non-hydrogen) atoms. The number of nitrogens with zero attached hydrogens (tertiary/aromatic N) is 2. The lowest BCUT2D eigenvalue weighted by molar-refractivity contribution is 0.275. The molecule has 0 amide bonds. The third-order valence-corrected chi connectivity index (χ3v) is 2.84. The Hall–Kier alpha value is -1.49. The molecule has 0 aromatic heterocycles. The van der Waals surface area contributed by atoms with Crippen LogP contribution in [0.5, 0.6) is 0 Å². The van der Waals surface area contributed by atoms with E-state index in [0.29, 0.717) is 0 Å². The zero-order valence-corrected chi connectivity index (χ0v) is 8.62. The van der Waals surface area contributed by atoms with E-state index in [2.05, 4.69) is 38.2 Å². The molecule has 0 fully saturated rings. The Balaban J connectivity index is 2.48. The molecule has 0 saturated heterocycles. The highest BCUT2D eigenvalue weighted by Gasteiger charge is 2.30.